The molecule has 3 heteroatoms. The average Bonchev–Trinajstić information content (AvgIpc) is 1.61. The number of aryl methyl sites for hydroxylation is 2. The normalized spacial score (nSPS) is 12.2. The zero-order valence-electron chi connectivity index (χ0n) is 66.7. The molecule has 0 saturated heterocycles. The van der Waals surface area contributed by atoms with Crippen molar-refractivity contribution in [3.63, 3.8) is 0 Å². The predicted octanol–water partition coefficient (Wildman–Crippen LogP) is 34.2. The van der Waals surface area contributed by atoms with Crippen molar-refractivity contribution >= 4 is 11.4 Å². The molecule has 0 saturated carbocycles. The van der Waals surface area contributed by atoms with Crippen molar-refractivity contribution in [1.29, 1.82) is 0 Å². The minimum atomic E-state index is 0. The van der Waals surface area contributed by atoms with Gasteiger partial charge in [-0.25, -0.2) is 4.70 Å². The first kappa shape index (κ1) is 95.2. The minimum absolute atomic E-state index is 0. The van der Waals surface area contributed by atoms with Gasteiger partial charge in [-0.15, -0.1) is 0 Å². The van der Waals surface area contributed by atoms with Gasteiger partial charge in [-0.05, 0) is 86.8 Å². The van der Waals surface area contributed by atoms with Crippen LogP contribution >= 0.6 is 0 Å². The standard InChI is InChI=1S/C54H88N2.2C20H41.Pd/c1-5-9-13-16-18-19-20-21-22-23-24-25-26-27-28-29-31-34-41-51-52(40-33-15-11-7-3)54(50-39-35-38-48(46-50)37-32-30-17-14-10-6-2)56(55)53(51)49-44-42-47(43-45-49)36-12-8-4;2*1-3-5-7-9-11-13-15-17-19-20-18-16-14-12-10-8-6-4-2;/h35,38-39,42-46H,5-34,36-37,40-41H2,1-4H3;2*1,3-20H2,2H3;/q;2*-1;+2. The summed E-state index contributed by atoms with van der Waals surface area (Å²) in [6.07, 6.45) is 96.5. The third-order valence-electron chi connectivity index (χ3n) is 21.2. The molecule has 1 aliphatic heterocycles. The van der Waals surface area contributed by atoms with E-state index in [1.807, 2.05) is 0 Å². The Balaban J connectivity index is 0.00000183. The largest absolute Gasteiger partial charge is 2.00 e. The van der Waals surface area contributed by atoms with Gasteiger partial charge in [0.2, 0.25) is 11.4 Å². The monoisotopic (exact) mass is 1430 g/mol. The number of hydrogen-bond donors (Lipinski definition) is 0. The number of allylic oxidation sites excluding steroid dienone is 2. The van der Waals surface area contributed by atoms with Gasteiger partial charge in [-0.2, -0.15) is 12.8 Å². The molecule has 2 nitrogen and oxygen atoms in total. The summed E-state index contributed by atoms with van der Waals surface area (Å²) in [5.41, 5.74) is 22.3. The maximum Gasteiger partial charge on any atom is 2.00 e. The maximum atomic E-state index is 12.3. The number of unbranched alkanes of at least 4 members (excludes halogenated alkanes) is 60. The second-order valence-corrected chi connectivity index (χ2v) is 30.6. The average molecular weight is 1430 g/mol. The van der Waals surface area contributed by atoms with E-state index in [9.17, 15) is 5.53 Å². The molecule has 2 aromatic rings. The van der Waals surface area contributed by atoms with Gasteiger partial charge < -0.3 is 19.4 Å². The van der Waals surface area contributed by atoms with Crippen LogP contribution in [0.2, 0.25) is 0 Å². The summed E-state index contributed by atoms with van der Waals surface area (Å²) in [5.74, 6) is 0. The molecule has 0 radical (unpaired) electrons. The number of nitrogens with zero attached hydrogens (tertiary/aromatic N) is 2. The Bertz CT molecular complexity index is 1900. The van der Waals surface area contributed by atoms with E-state index in [1.165, 1.54) is 439 Å². The van der Waals surface area contributed by atoms with Crippen LogP contribution in [0.3, 0.4) is 0 Å². The first-order chi connectivity index (χ1) is 47.5. The molecule has 1 aliphatic rings. The Kier molecular flexibility index (Phi) is 75.4. The molecule has 0 amide bonds. The Morgan fingerprint density at radius 3 is 0.742 bits per heavy atom. The van der Waals surface area contributed by atoms with Crippen LogP contribution in [0, 0.1) is 13.8 Å². The van der Waals surface area contributed by atoms with Crippen molar-refractivity contribution in [2.45, 2.75) is 491 Å². The summed E-state index contributed by atoms with van der Waals surface area (Å²) in [7, 11) is 0. The fourth-order valence-electron chi connectivity index (χ4n) is 14.7. The summed E-state index contributed by atoms with van der Waals surface area (Å²) in [6, 6.07) is 18.4. The van der Waals surface area contributed by atoms with E-state index in [0.29, 0.717) is 0 Å². The summed E-state index contributed by atoms with van der Waals surface area (Å²) < 4.78 is 1.62. The molecule has 0 atom stereocenters. The molecule has 0 unspecified atom stereocenters. The van der Waals surface area contributed by atoms with Crippen molar-refractivity contribution in [2.75, 3.05) is 0 Å². The van der Waals surface area contributed by atoms with Crippen molar-refractivity contribution in [3.05, 3.63) is 101 Å². The van der Waals surface area contributed by atoms with Gasteiger partial charge >= 0.3 is 20.4 Å². The summed E-state index contributed by atoms with van der Waals surface area (Å²) >= 11 is 0. The Morgan fingerprint density at radius 2 is 0.464 bits per heavy atom. The Labute approximate surface area is 624 Å². The zero-order chi connectivity index (χ0) is 69.4. The zero-order valence-corrected chi connectivity index (χ0v) is 68.3. The number of benzene rings is 2. The number of hydrogen-bond acceptors (Lipinski definition) is 0. The second kappa shape index (κ2) is 76.8. The topological polar surface area (TPSA) is 25.3 Å². The van der Waals surface area contributed by atoms with Crippen LogP contribution in [0.15, 0.2) is 59.7 Å². The molecule has 0 spiro atoms. The molecule has 2 aromatic carbocycles. The minimum Gasteiger partial charge on any atom is -0.493 e. The third-order valence-corrected chi connectivity index (χ3v) is 21.2. The van der Waals surface area contributed by atoms with Gasteiger partial charge in [0.25, 0.3) is 0 Å². The second-order valence-electron chi connectivity index (χ2n) is 30.6. The summed E-state index contributed by atoms with van der Waals surface area (Å²) in [4.78, 5) is 0. The van der Waals surface area contributed by atoms with Gasteiger partial charge in [0.1, 0.15) is 0 Å². The molecule has 0 aliphatic carbocycles. The molecule has 3 rings (SSSR count). The smallest absolute Gasteiger partial charge is 0.493 e. The van der Waals surface area contributed by atoms with Crippen LogP contribution in [-0.4, -0.2) is 4.70 Å². The maximum absolute atomic E-state index is 12.3. The van der Waals surface area contributed by atoms with Crippen LogP contribution in [0.5, 0.6) is 0 Å². The fraction of sp³-hybridized carbons (Fsp3) is 0.809. The van der Waals surface area contributed by atoms with Gasteiger partial charge in [-0.1, -0.05) is 451 Å². The Morgan fingerprint density at radius 1 is 0.237 bits per heavy atom. The van der Waals surface area contributed by atoms with Crippen LogP contribution in [-0.2, 0) is 33.3 Å². The summed E-state index contributed by atoms with van der Waals surface area (Å²) in [6.45, 7) is 21.5. The van der Waals surface area contributed by atoms with E-state index in [2.05, 4.69) is 104 Å². The molecule has 97 heavy (non-hydrogen) atoms. The molecular formula is C94H170N2Pd. The predicted molar refractivity (Wildman–Crippen MR) is 436 cm³/mol. The van der Waals surface area contributed by atoms with Crippen molar-refractivity contribution in [3.8, 4) is 0 Å². The van der Waals surface area contributed by atoms with E-state index in [-0.39, 0.29) is 20.4 Å². The van der Waals surface area contributed by atoms with Crippen molar-refractivity contribution in [1.82, 2.24) is 0 Å². The summed E-state index contributed by atoms with van der Waals surface area (Å²) in [5, 5.41) is 0. The molecule has 1 heterocycles. The molecule has 0 fully saturated rings. The van der Waals surface area contributed by atoms with Crippen molar-refractivity contribution < 1.29 is 25.1 Å². The van der Waals surface area contributed by atoms with E-state index < -0.39 is 0 Å². The van der Waals surface area contributed by atoms with E-state index >= 15 is 0 Å². The van der Waals surface area contributed by atoms with E-state index in [1.54, 1.807) is 4.70 Å². The van der Waals surface area contributed by atoms with Crippen molar-refractivity contribution in [2.24, 2.45) is 0 Å². The van der Waals surface area contributed by atoms with Crippen LogP contribution in [0.1, 0.15) is 500 Å². The van der Waals surface area contributed by atoms with Gasteiger partial charge in [0.15, 0.2) is 0 Å². The molecule has 0 aromatic heterocycles. The molecule has 0 N–H and O–H groups in total. The van der Waals surface area contributed by atoms with E-state index in [4.69, 9.17) is 0 Å². The fourth-order valence-corrected chi connectivity index (χ4v) is 14.7. The third kappa shape index (κ3) is 57.3. The van der Waals surface area contributed by atoms with Crippen LogP contribution in [0.25, 0.3) is 16.9 Å². The van der Waals surface area contributed by atoms with Gasteiger partial charge in [0, 0.05) is 22.3 Å². The van der Waals surface area contributed by atoms with Crippen LogP contribution in [0.4, 0.5) is 0 Å². The molecule has 566 valence electrons. The molecular weight excluding hydrogens is 1260 g/mol. The SMILES string of the molecule is CCCCCCCCCCCCCCCCCCCCC1=C(c2ccc(CCCC)cc2)[N+](=[N-])C(c2cccc(CCCCCCCC)c2)=C1CCCCCC.[CH2-]CCCCCCCCCCCCCCCCCCC.[CH2-]CCCCCCCCCCCCCCCCCCC.[Pd+2]. The Hall–Kier alpha value is -1.82. The van der Waals surface area contributed by atoms with Gasteiger partial charge in [-0.3, -0.25) is 0 Å². The first-order valence-electron chi connectivity index (χ1n) is 44.2. The van der Waals surface area contributed by atoms with Crippen LogP contribution < -0.4 is 0 Å². The number of rotatable bonds is 70. The quantitative estimate of drug-likeness (QED) is 0.0273. The van der Waals surface area contributed by atoms with Gasteiger partial charge in [0.05, 0.1) is 0 Å². The van der Waals surface area contributed by atoms with E-state index in [0.717, 1.165) is 55.5 Å². The molecule has 0 bridgehead atoms. The first-order valence-corrected chi connectivity index (χ1v) is 44.2.